The van der Waals surface area contributed by atoms with Gasteiger partial charge < -0.3 is 16.4 Å². The number of carbonyl (C=O) groups is 2. The molecule has 0 aliphatic heterocycles. The van der Waals surface area contributed by atoms with Crippen molar-refractivity contribution in [2.75, 3.05) is 13.1 Å². The van der Waals surface area contributed by atoms with Crippen LogP contribution in [0.4, 0.5) is 0 Å². The van der Waals surface area contributed by atoms with Gasteiger partial charge in [-0.2, -0.15) is 0 Å². The predicted molar refractivity (Wildman–Crippen MR) is 75.5 cm³/mol. The Kier molecular flexibility index (Phi) is 6.28. The van der Waals surface area contributed by atoms with Crippen LogP contribution >= 0.6 is 0 Å². The molecule has 0 heterocycles. The van der Waals surface area contributed by atoms with Crippen LogP contribution in [0.2, 0.25) is 0 Å². The Morgan fingerprint density at radius 2 is 1.79 bits per heavy atom. The van der Waals surface area contributed by atoms with Crippen LogP contribution in [0.1, 0.15) is 52.4 Å². The molecule has 0 atom stereocenters. The van der Waals surface area contributed by atoms with E-state index in [1.54, 1.807) is 0 Å². The van der Waals surface area contributed by atoms with Gasteiger partial charge >= 0.3 is 0 Å². The van der Waals surface area contributed by atoms with Crippen molar-refractivity contribution < 1.29 is 9.59 Å². The highest BCUT2D eigenvalue weighted by Gasteiger charge is 2.35. The van der Waals surface area contributed by atoms with Gasteiger partial charge in [-0.3, -0.25) is 9.59 Å². The van der Waals surface area contributed by atoms with Crippen molar-refractivity contribution in [3.63, 3.8) is 0 Å². The van der Waals surface area contributed by atoms with E-state index in [1.165, 1.54) is 0 Å². The average molecular weight is 269 g/mol. The maximum Gasteiger partial charge on any atom is 0.239 e. The van der Waals surface area contributed by atoms with E-state index in [-0.39, 0.29) is 18.4 Å². The van der Waals surface area contributed by atoms with Gasteiger partial charge in [-0.05, 0) is 25.7 Å². The van der Waals surface area contributed by atoms with Gasteiger partial charge in [0.2, 0.25) is 11.8 Å². The van der Waals surface area contributed by atoms with Crippen LogP contribution in [-0.4, -0.2) is 30.9 Å². The Morgan fingerprint density at radius 3 is 2.21 bits per heavy atom. The summed E-state index contributed by atoms with van der Waals surface area (Å²) in [7, 11) is 0. The molecule has 1 saturated carbocycles. The molecule has 110 valence electrons. The maximum absolute atomic E-state index is 12.3. The highest BCUT2D eigenvalue weighted by atomic mass is 16.2. The molecule has 1 aliphatic rings. The summed E-state index contributed by atoms with van der Waals surface area (Å²) in [6, 6.07) is 0.329. The number of nitrogens with two attached hydrogens (primary N) is 1. The van der Waals surface area contributed by atoms with E-state index < -0.39 is 5.41 Å². The predicted octanol–water partition coefficient (Wildman–Crippen LogP) is 0.927. The zero-order valence-corrected chi connectivity index (χ0v) is 12.1. The molecule has 0 bridgehead atoms. The molecule has 4 N–H and O–H groups in total. The van der Waals surface area contributed by atoms with E-state index in [0.717, 1.165) is 38.5 Å². The van der Waals surface area contributed by atoms with Crippen LogP contribution in [-0.2, 0) is 9.59 Å². The fourth-order valence-corrected chi connectivity index (χ4v) is 2.46. The summed E-state index contributed by atoms with van der Waals surface area (Å²) in [5.74, 6) is -0.181. The first-order chi connectivity index (χ1) is 9.07. The lowest BCUT2D eigenvalue weighted by Crippen LogP contribution is -2.48. The largest absolute Gasteiger partial charge is 0.352 e. The van der Waals surface area contributed by atoms with Gasteiger partial charge in [0, 0.05) is 12.6 Å². The van der Waals surface area contributed by atoms with Gasteiger partial charge in [0.1, 0.15) is 0 Å². The second-order valence-corrected chi connectivity index (χ2v) is 5.51. The molecule has 2 amide bonds. The van der Waals surface area contributed by atoms with Gasteiger partial charge in [0.25, 0.3) is 0 Å². The summed E-state index contributed by atoms with van der Waals surface area (Å²) in [5.41, 5.74) is 5.31. The summed E-state index contributed by atoms with van der Waals surface area (Å²) in [4.78, 5) is 23.9. The summed E-state index contributed by atoms with van der Waals surface area (Å²) in [6.45, 7) is 4.50. The van der Waals surface area contributed by atoms with Crippen molar-refractivity contribution in [1.29, 1.82) is 0 Å². The quantitative estimate of drug-likeness (QED) is 0.582. The number of amides is 2. The van der Waals surface area contributed by atoms with Crippen molar-refractivity contribution in [2.24, 2.45) is 11.1 Å². The number of hydrogen-bond donors (Lipinski definition) is 3. The van der Waals surface area contributed by atoms with Gasteiger partial charge in [-0.1, -0.05) is 26.7 Å². The molecule has 5 heteroatoms. The molecule has 1 rings (SSSR count). The minimum atomic E-state index is -0.511. The van der Waals surface area contributed by atoms with E-state index in [1.807, 2.05) is 13.8 Å². The minimum absolute atomic E-state index is 0.0600. The van der Waals surface area contributed by atoms with Crippen molar-refractivity contribution in [3.05, 3.63) is 0 Å². The van der Waals surface area contributed by atoms with Crippen molar-refractivity contribution >= 4 is 11.8 Å². The van der Waals surface area contributed by atoms with Gasteiger partial charge in [0.15, 0.2) is 0 Å². The molecule has 5 nitrogen and oxygen atoms in total. The average Bonchev–Trinajstić information content (AvgIpc) is 3.19. The first-order valence-electron chi connectivity index (χ1n) is 7.35. The van der Waals surface area contributed by atoms with Crippen LogP contribution in [0.3, 0.4) is 0 Å². The topological polar surface area (TPSA) is 84.2 Å². The molecular formula is C14H27N3O2. The lowest BCUT2D eigenvalue weighted by atomic mass is 9.78. The van der Waals surface area contributed by atoms with E-state index in [2.05, 4.69) is 10.6 Å². The Labute approximate surface area is 115 Å². The summed E-state index contributed by atoms with van der Waals surface area (Å²) >= 11 is 0. The van der Waals surface area contributed by atoms with Crippen molar-refractivity contribution in [3.8, 4) is 0 Å². The Morgan fingerprint density at radius 1 is 1.21 bits per heavy atom. The molecule has 0 radical (unpaired) electrons. The number of nitrogens with one attached hydrogen (secondary N) is 2. The molecule has 1 fully saturated rings. The highest BCUT2D eigenvalue weighted by Crippen LogP contribution is 2.29. The van der Waals surface area contributed by atoms with Crippen LogP contribution in [0, 0.1) is 5.41 Å². The first kappa shape index (κ1) is 16.0. The monoisotopic (exact) mass is 269 g/mol. The SMILES string of the molecule is CCCC(CN)(CCC)C(=O)NCC(=O)NC1CC1. The van der Waals surface area contributed by atoms with Crippen LogP contribution in [0.5, 0.6) is 0 Å². The van der Waals surface area contributed by atoms with Crippen LogP contribution in [0.25, 0.3) is 0 Å². The third-order valence-electron chi connectivity index (χ3n) is 3.68. The minimum Gasteiger partial charge on any atom is -0.352 e. The number of hydrogen-bond acceptors (Lipinski definition) is 3. The van der Waals surface area contributed by atoms with Crippen molar-refractivity contribution in [1.82, 2.24) is 10.6 Å². The molecule has 0 unspecified atom stereocenters. The van der Waals surface area contributed by atoms with E-state index >= 15 is 0 Å². The van der Waals surface area contributed by atoms with Crippen molar-refractivity contribution in [2.45, 2.75) is 58.4 Å². The number of carbonyl (C=O) groups excluding carboxylic acids is 2. The molecule has 0 aromatic rings. The van der Waals surface area contributed by atoms with E-state index in [0.29, 0.717) is 12.6 Å². The molecule has 0 aromatic heterocycles. The summed E-state index contributed by atoms with van der Waals surface area (Å²) in [5, 5.41) is 5.60. The zero-order chi connectivity index (χ0) is 14.3. The first-order valence-corrected chi connectivity index (χ1v) is 7.35. The summed E-state index contributed by atoms with van der Waals surface area (Å²) < 4.78 is 0. The molecule has 0 aromatic carbocycles. The van der Waals surface area contributed by atoms with E-state index in [4.69, 9.17) is 5.73 Å². The normalized spacial score (nSPS) is 15.1. The van der Waals surface area contributed by atoms with Gasteiger partial charge in [-0.25, -0.2) is 0 Å². The molecule has 0 spiro atoms. The maximum atomic E-state index is 12.3. The Bertz CT molecular complexity index is 308. The molecular weight excluding hydrogens is 242 g/mol. The lowest BCUT2D eigenvalue weighted by molar-refractivity contribution is -0.133. The van der Waals surface area contributed by atoms with Gasteiger partial charge in [0.05, 0.1) is 12.0 Å². The highest BCUT2D eigenvalue weighted by molar-refractivity contribution is 5.88. The zero-order valence-electron chi connectivity index (χ0n) is 12.1. The third kappa shape index (κ3) is 4.82. The van der Waals surface area contributed by atoms with Crippen LogP contribution in [0.15, 0.2) is 0 Å². The van der Waals surface area contributed by atoms with E-state index in [9.17, 15) is 9.59 Å². The smallest absolute Gasteiger partial charge is 0.239 e. The fourth-order valence-electron chi connectivity index (χ4n) is 2.46. The standard InChI is InChI=1S/C14H27N3O2/c1-3-7-14(10-15,8-4-2)13(19)16-9-12(18)17-11-5-6-11/h11H,3-10,15H2,1-2H3,(H,16,19)(H,17,18). The third-order valence-corrected chi connectivity index (χ3v) is 3.68. The Balaban J connectivity index is 2.47. The lowest BCUT2D eigenvalue weighted by Gasteiger charge is -2.30. The van der Waals surface area contributed by atoms with Crippen LogP contribution < -0.4 is 16.4 Å². The molecule has 1 aliphatic carbocycles. The molecule has 19 heavy (non-hydrogen) atoms. The second kappa shape index (κ2) is 7.48. The fraction of sp³-hybridized carbons (Fsp3) is 0.857. The Hall–Kier alpha value is -1.10. The summed E-state index contributed by atoms with van der Waals surface area (Å²) in [6.07, 6.45) is 5.48. The van der Waals surface area contributed by atoms with Gasteiger partial charge in [-0.15, -0.1) is 0 Å². The second-order valence-electron chi connectivity index (χ2n) is 5.51. The molecule has 0 saturated heterocycles. The number of rotatable bonds is 9.